The second-order valence-electron chi connectivity index (χ2n) is 4.79. The van der Waals surface area contributed by atoms with Crippen LogP contribution in [-0.4, -0.2) is 58.5 Å². The number of likely N-dealkylation sites (N-methyl/N-ethyl adjacent to an activating group) is 1. The fourth-order valence-corrected chi connectivity index (χ4v) is 2.17. The molecule has 0 bridgehead atoms. The van der Waals surface area contributed by atoms with Gasteiger partial charge in [-0.25, -0.2) is 5.14 Å². The van der Waals surface area contributed by atoms with E-state index in [1.54, 1.807) is 13.1 Å². The molecule has 1 heterocycles. The molecule has 1 atom stereocenters. The maximum absolute atomic E-state index is 11.6. The van der Waals surface area contributed by atoms with Crippen LogP contribution in [0.5, 0.6) is 0 Å². The maximum Gasteiger partial charge on any atom is 0.635 e. The molecular weight excluding hydrogens is 315 g/mol. The van der Waals surface area contributed by atoms with E-state index in [1.807, 2.05) is 6.92 Å². The van der Waals surface area contributed by atoms with Crippen LogP contribution in [0.2, 0.25) is 0 Å². The third kappa shape index (κ3) is 7.03. The van der Waals surface area contributed by atoms with E-state index in [0.717, 1.165) is 6.42 Å². The van der Waals surface area contributed by atoms with Gasteiger partial charge < -0.3 is 9.31 Å². The van der Waals surface area contributed by atoms with E-state index < -0.39 is 35.4 Å². The lowest BCUT2D eigenvalue weighted by Gasteiger charge is -2.25. The Balaban J connectivity index is 2.93. The Bertz CT molecular complexity index is 517. The zero-order valence-corrected chi connectivity index (χ0v) is 13.2. The number of unbranched alkanes of at least 4 members (excludes halogenated alkanes) is 1. The van der Waals surface area contributed by atoms with Crippen molar-refractivity contribution < 1.29 is 31.5 Å². The lowest BCUT2D eigenvalue weighted by molar-refractivity contribution is -0.146. The van der Waals surface area contributed by atoms with Crippen LogP contribution in [0, 0.1) is 0 Å². The van der Waals surface area contributed by atoms with Gasteiger partial charge in [0, 0.05) is 0 Å². The van der Waals surface area contributed by atoms with Crippen LogP contribution in [0.1, 0.15) is 19.8 Å². The molecule has 0 aromatic heterocycles. The highest BCUT2D eigenvalue weighted by atomic mass is 32.2. The standard InChI is InChI=1S/C11H19BN2O7S/c1-3-4-5-6-9(21-22(13,17)18)12-19-10(15)7-14(2)8-11(16)20-12/h5-6,9H,3-4,7-8H2,1-2H3,(H2,13,17,18). The largest absolute Gasteiger partial charge is 0.635 e. The van der Waals surface area contributed by atoms with Crippen LogP contribution in [0.4, 0.5) is 0 Å². The van der Waals surface area contributed by atoms with Crippen LogP contribution in [0.3, 0.4) is 0 Å². The number of rotatable bonds is 6. The molecule has 11 heteroatoms. The Morgan fingerprint density at radius 3 is 2.36 bits per heavy atom. The lowest BCUT2D eigenvalue weighted by Crippen LogP contribution is -2.49. The molecule has 2 N–H and O–H groups in total. The first-order chi connectivity index (χ1) is 10.2. The minimum atomic E-state index is -4.32. The molecule has 0 aliphatic carbocycles. The van der Waals surface area contributed by atoms with E-state index in [9.17, 15) is 18.0 Å². The van der Waals surface area contributed by atoms with Crippen LogP contribution >= 0.6 is 0 Å². The van der Waals surface area contributed by atoms with Crippen LogP contribution in [0.25, 0.3) is 0 Å². The van der Waals surface area contributed by atoms with E-state index in [4.69, 9.17) is 14.4 Å². The van der Waals surface area contributed by atoms with Crippen molar-refractivity contribution in [2.45, 2.75) is 25.8 Å². The molecule has 0 aromatic rings. The summed E-state index contributed by atoms with van der Waals surface area (Å²) in [6.45, 7) is 1.66. The van der Waals surface area contributed by atoms with E-state index in [2.05, 4.69) is 4.18 Å². The predicted octanol–water partition coefficient (Wildman–Crippen LogP) is -1.01. The summed E-state index contributed by atoms with van der Waals surface area (Å²) in [7, 11) is -4.29. The van der Waals surface area contributed by atoms with Crippen molar-refractivity contribution in [2.75, 3.05) is 20.1 Å². The normalized spacial score (nSPS) is 19.5. The molecule has 1 unspecified atom stereocenters. The monoisotopic (exact) mass is 334 g/mol. The smallest absolute Gasteiger partial charge is 0.496 e. The predicted molar refractivity (Wildman–Crippen MR) is 77.5 cm³/mol. The van der Waals surface area contributed by atoms with Crippen molar-refractivity contribution in [3.05, 3.63) is 12.2 Å². The van der Waals surface area contributed by atoms with Gasteiger partial charge in [0.25, 0.3) is 0 Å². The Morgan fingerprint density at radius 1 is 1.36 bits per heavy atom. The van der Waals surface area contributed by atoms with Crippen LogP contribution < -0.4 is 5.14 Å². The van der Waals surface area contributed by atoms with Crippen molar-refractivity contribution in [3.8, 4) is 0 Å². The Kier molecular flexibility index (Phi) is 7.00. The fraction of sp³-hybridized carbons (Fsp3) is 0.636. The van der Waals surface area contributed by atoms with Gasteiger partial charge in [0.1, 0.15) is 0 Å². The van der Waals surface area contributed by atoms with E-state index in [0.29, 0.717) is 6.42 Å². The Morgan fingerprint density at radius 2 is 1.91 bits per heavy atom. The zero-order chi connectivity index (χ0) is 16.8. The van der Waals surface area contributed by atoms with Gasteiger partial charge in [-0.05, 0) is 13.5 Å². The van der Waals surface area contributed by atoms with Gasteiger partial charge in [0.05, 0.1) is 13.1 Å². The molecule has 1 rings (SSSR count). The second kappa shape index (κ2) is 8.27. The highest BCUT2D eigenvalue weighted by Crippen LogP contribution is 2.11. The highest BCUT2D eigenvalue weighted by Gasteiger charge is 2.41. The summed E-state index contributed by atoms with van der Waals surface area (Å²) >= 11 is 0. The second-order valence-corrected chi connectivity index (χ2v) is 5.97. The summed E-state index contributed by atoms with van der Waals surface area (Å²) in [5.74, 6) is -1.35. The summed E-state index contributed by atoms with van der Waals surface area (Å²) < 4.78 is 36.8. The van der Waals surface area contributed by atoms with Crippen LogP contribution in [-0.2, 0) is 33.4 Å². The summed E-state index contributed by atoms with van der Waals surface area (Å²) in [5.41, 5.74) is 0. The quantitative estimate of drug-likeness (QED) is 0.484. The van der Waals surface area contributed by atoms with Crippen molar-refractivity contribution in [3.63, 3.8) is 0 Å². The molecule has 0 aromatic carbocycles. The number of nitrogens with two attached hydrogens (primary N) is 1. The van der Waals surface area contributed by atoms with Gasteiger partial charge >= 0.3 is 29.4 Å². The molecule has 0 spiro atoms. The molecule has 124 valence electrons. The summed E-state index contributed by atoms with van der Waals surface area (Å²) in [6.07, 6.45) is 4.42. The lowest BCUT2D eigenvalue weighted by atomic mass is 9.80. The van der Waals surface area contributed by atoms with Gasteiger partial charge in [-0.3, -0.25) is 18.7 Å². The molecule has 0 amide bonds. The van der Waals surface area contributed by atoms with Crippen molar-refractivity contribution >= 4 is 29.4 Å². The highest BCUT2D eigenvalue weighted by molar-refractivity contribution is 7.84. The van der Waals surface area contributed by atoms with Gasteiger partial charge in [-0.15, -0.1) is 0 Å². The average Bonchev–Trinajstić information content (AvgIpc) is 2.33. The Hall–Kier alpha value is -1.43. The van der Waals surface area contributed by atoms with Crippen LogP contribution in [0.15, 0.2) is 12.2 Å². The molecule has 9 nitrogen and oxygen atoms in total. The minimum absolute atomic E-state index is 0.133. The van der Waals surface area contributed by atoms with Crippen molar-refractivity contribution in [1.82, 2.24) is 4.90 Å². The molecule has 1 aliphatic rings. The van der Waals surface area contributed by atoms with Crippen molar-refractivity contribution in [2.24, 2.45) is 5.14 Å². The third-order valence-electron chi connectivity index (χ3n) is 2.59. The van der Waals surface area contributed by atoms with E-state index >= 15 is 0 Å². The number of hydrogen-bond acceptors (Lipinski definition) is 8. The molecule has 1 saturated heterocycles. The topological polar surface area (TPSA) is 125 Å². The molecular formula is C11H19BN2O7S. The summed E-state index contributed by atoms with van der Waals surface area (Å²) in [4.78, 5) is 24.7. The van der Waals surface area contributed by atoms with Gasteiger partial charge in [0.2, 0.25) is 0 Å². The van der Waals surface area contributed by atoms with E-state index in [1.165, 1.54) is 11.0 Å². The number of carbonyl (C=O) groups is 2. The first-order valence-corrected chi connectivity index (χ1v) is 8.13. The first kappa shape index (κ1) is 18.6. The first-order valence-electron chi connectivity index (χ1n) is 6.66. The number of carbonyl (C=O) groups excluding carboxylic acids is 2. The minimum Gasteiger partial charge on any atom is -0.496 e. The maximum atomic E-state index is 11.6. The number of nitrogens with zero attached hydrogens (tertiary/aromatic N) is 1. The Labute approximate surface area is 129 Å². The number of hydrogen-bond donors (Lipinski definition) is 1. The molecule has 22 heavy (non-hydrogen) atoms. The average molecular weight is 334 g/mol. The molecule has 0 saturated carbocycles. The summed E-state index contributed by atoms with van der Waals surface area (Å²) in [6, 6.07) is -1.34. The molecule has 1 aliphatic heterocycles. The van der Waals surface area contributed by atoms with Gasteiger partial charge in [0.15, 0.2) is 6.00 Å². The van der Waals surface area contributed by atoms with Crippen molar-refractivity contribution in [1.29, 1.82) is 0 Å². The third-order valence-corrected chi connectivity index (χ3v) is 3.08. The molecule has 1 fully saturated rings. The van der Waals surface area contributed by atoms with Gasteiger partial charge in [-0.2, -0.15) is 8.42 Å². The van der Waals surface area contributed by atoms with E-state index in [-0.39, 0.29) is 13.1 Å². The number of allylic oxidation sites excluding steroid dienone is 1. The molecule has 0 radical (unpaired) electrons. The zero-order valence-electron chi connectivity index (χ0n) is 12.4. The van der Waals surface area contributed by atoms with Gasteiger partial charge in [-0.1, -0.05) is 25.5 Å². The SMILES string of the molecule is CCCC=CC(OS(N)(=O)=O)B1OC(=O)CN(C)CC(=O)O1. The summed E-state index contributed by atoms with van der Waals surface area (Å²) in [5, 5.41) is 4.84. The fourth-order valence-electron chi connectivity index (χ4n) is 1.71.